The van der Waals surface area contributed by atoms with Crippen LogP contribution in [0.1, 0.15) is 51.9 Å². The number of hydrogen-bond donors (Lipinski definition) is 3. The van der Waals surface area contributed by atoms with Crippen LogP contribution in [0.3, 0.4) is 0 Å². The van der Waals surface area contributed by atoms with E-state index in [2.05, 4.69) is 10.6 Å². The number of carbonyl (C=O) groups is 3. The molecule has 0 spiro atoms. The van der Waals surface area contributed by atoms with Crippen molar-refractivity contribution in [3.05, 3.63) is 0 Å². The zero-order chi connectivity index (χ0) is 15.0. The maximum atomic E-state index is 11.7. The minimum absolute atomic E-state index is 0.0126. The van der Waals surface area contributed by atoms with E-state index in [-0.39, 0.29) is 30.7 Å². The Hall–Kier alpha value is -1.59. The highest BCUT2D eigenvalue weighted by Gasteiger charge is 2.22. The van der Waals surface area contributed by atoms with Gasteiger partial charge in [0.1, 0.15) is 6.04 Å². The summed E-state index contributed by atoms with van der Waals surface area (Å²) in [7, 11) is 0. The van der Waals surface area contributed by atoms with Gasteiger partial charge < -0.3 is 15.7 Å². The molecule has 1 rings (SSSR count). The molecule has 20 heavy (non-hydrogen) atoms. The van der Waals surface area contributed by atoms with Gasteiger partial charge in [-0.3, -0.25) is 9.59 Å². The number of hydrogen-bond acceptors (Lipinski definition) is 3. The molecule has 6 heteroatoms. The van der Waals surface area contributed by atoms with Gasteiger partial charge in [-0.1, -0.05) is 26.2 Å². The van der Waals surface area contributed by atoms with Crippen molar-refractivity contribution in [2.75, 3.05) is 6.54 Å². The van der Waals surface area contributed by atoms with E-state index in [0.717, 1.165) is 25.7 Å². The van der Waals surface area contributed by atoms with E-state index in [4.69, 9.17) is 5.11 Å². The summed E-state index contributed by atoms with van der Waals surface area (Å²) < 4.78 is 0. The Kier molecular flexibility index (Phi) is 7.04. The molecule has 6 nitrogen and oxygen atoms in total. The lowest BCUT2D eigenvalue weighted by Gasteiger charge is -2.14. The van der Waals surface area contributed by atoms with Gasteiger partial charge in [0.15, 0.2) is 0 Å². The summed E-state index contributed by atoms with van der Waals surface area (Å²) in [4.78, 5) is 34.2. The second-order valence-electron chi connectivity index (χ2n) is 5.27. The monoisotopic (exact) mass is 284 g/mol. The SMILES string of the molecule is CCCC(NC(=O)CCNC(=O)C1CCCC1)C(=O)O. The van der Waals surface area contributed by atoms with Crippen LogP contribution in [-0.2, 0) is 14.4 Å². The molecule has 0 aliphatic heterocycles. The zero-order valence-corrected chi connectivity index (χ0v) is 12.0. The normalized spacial score (nSPS) is 16.6. The van der Waals surface area contributed by atoms with Crippen molar-refractivity contribution in [2.24, 2.45) is 5.92 Å². The number of carboxylic acids is 1. The van der Waals surface area contributed by atoms with Crippen LogP contribution >= 0.6 is 0 Å². The average Bonchev–Trinajstić information content (AvgIpc) is 2.91. The molecule has 0 aromatic rings. The summed E-state index contributed by atoms with van der Waals surface area (Å²) in [5.41, 5.74) is 0. The lowest BCUT2D eigenvalue weighted by atomic mass is 10.1. The van der Waals surface area contributed by atoms with Crippen molar-refractivity contribution in [1.29, 1.82) is 0 Å². The lowest BCUT2D eigenvalue weighted by Crippen LogP contribution is -2.42. The van der Waals surface area contributed by atoms with Gasteiger partial charge >= 0.3 is 5.97 Å². The van der Waals surface area contributed by atoms with Gasteiger partial charge in [-0.2, -0.15) is 0 Å². The van der Waals surface area contributed by atoms with E-state index < -0.39 is 12.0 Å². The summed E-state index contributed by atoms with van der Waals surface area (Å²) >= 11 is 0. The number of carboxylic acid groups (broad SMARTS) is 1. The van der Waals surface area contributed by atoms with E-state index in [1.165, 1.54) is 0 Å². The third-order valence-electron chi connectivity index (χ3n) is 3.59. The quantitative estimate of drug-likeness (QED) is 0.621. The molecule has 0 bridgehead atoms. The Labute approximate surface area is 119 Å². The predicted octanol–water partition coefficient (Wildman–Crippen LogP) is 1.05. The third-order valence-corrected chi connectivity index (χ3v) is 3.59. The Morgan fingerprint density at radius 1 is 1.25 bits per heavy atom. The molecule has 1 atom stereocenters. The summed E-state index contributed by atoms with van der Waals surface area (Å²) in [5, 5.41) is 14.1. The summed E-state index contributed by atoms with van der Waals surface area (Å²) in [6, 6.07) is -0.835. The van der Waals surface area contributed by atoms with Crippen molar-refractivity contribution >= 4 is 17.8 Å². The number of carbonyl (C=O) groups excluding carboxylic acids is 2. The smallest absolute Gasteiger partial charge is 0.326 e. The number of rotatable bonds is 8. The molecule has 1 aliphatic carbocycles. The molecule has 0 saturated heterocycles. The lowest BCUT2D eigenvalue weighted by molar-refractivity contribution is -0.142. The maximum Gasteiger partial charge on any atom is 0.326 e. The highest BCUT2D eigenvalue weighted by molar-refractivity contribution is 5.84. The molecule has 0 heterocycles. The molecular formula is C14H24N2O4. The van der Waals surface area contributed by atoms with Gasteiger partial charge in [0.05, 0.1) is 0 Å². The second kappa shape index (κ2) is 8.55. The van der Waals surface area contributed by atoms with Crippen LogP contribution in [0.2, 0.25) is 0 Å². The summed E-state index contributed by atoms with van der Waals surface area (Å²) in [6.45, 7) is 2.13. The topological polar surface area (TPSA) is 95.5 Å². The van der Waals surface area contributed by atoms with E-state index in [0.29, 0.717) is 12.8 Å². The predicted molar refractivity (Wildman–Crippen MR) is 74.1 cm³/mol. The molecule has 1 fully saturated rings. The first-order chi connectivity index (χ1) is 9.54. The van der Waals surface area contributed by atoms with Crippen molar-refractivity contribution in [1.82, 2.24) is 10.6 Å². The fourth-order valence-electron chi connectivity index (χ4n) is 2.44. The number of nitrogens with one attached hydrogen (secondary N) is 2. The Morgan fingerprint density at radius 2 is 1.90 bits per heavy atom. The van der Waals surface area contributed by atoms with E-state index in [1.807, 2.05) is 6.92 Å². The van der Waals surface area contributed by atoms with Crippen LogP contribution in [0.4, 0.5) is 0 Å². The molecular weight excluding hydrogens is 260 g/mol. The molecule has 1 aliphatic rings. The molecule has 1 unspecified atom stereocenters. The third kappa shape index (κ3) is 5.59. The summed E-state index contributed by atoms with van der Waals surface area (Å²) in [6.07, 6.45) is 5.26. The van der Waals surface area contributed by atoms with Crippen molar-refractivity contribution in [3.63, 3.8) is 0 Å². The minimum Gasteiger partial charge on any atom is -0.480 e. The summed E-state index contributed by atoms with van der Waals surface area (Å²) in [5.74, 6) is -1.25. The standard InChI is InChI=1S/C14H24N2O4/c1-2-5-11(14(19)20)16-12(17)8-9-15-13(18)10-6-3-4-7-10/h10-11H,2-9H2,1H3,(H,15,18)(H,16,17)(H,19,20). The van der Waals surface area contributed by atoms with Gasteiger partial charge in [0, 0.05) is 18.9 Å². The van der Waals surface area contributed by atoms with E-state index >= 15 is 0 Å². The molecule has 0 aromatic heterocycles. The van der Waals surface area contributed by atoms with E-state index in [1.54, 1.807) is 0 Å². The Balaban J connectivity index is 2.21. The van der Waals surface area contributed by atoms with Crippen LogP contribution < -0.4 is 10.6 Å². The van der Waals surface area contributed by atoms with Crippen LogP contribution in [-0.4, -0.2) is 35.5 Å². The molecule has 3 N–H and O–H groups in total. The molecule has 1 saturated carbocycles. The minimum atomic E-state index is -1.02. The Morgan fingerprint density at radius 3 is 2.45 bits per heavy atom. The van der Waals surface area contributed by atoms with Gasteiger partial charge in [0.2, 0.25) is 11.8 Å². The molecule has 114 valence electrons. The average molecular weight is 284 g/mol. The first-order valence-corrected chi connectivity index (χ1v) is 7.34. The fourth-order valence-corrected chi connectivity index (χ4v) is 2.44. The highest BCUT2D eigenvalue weighted by Crippen LogP contribution is 2.24. The molecule has 0 radical (unpaired) electrons. The number of aliphatic carboxylic acids is 1. The zero-order valence-electron chi connectivity index (χ0n) is 12.0. The highest BCUT2D eigenvalue weighted by atomic mass is 16.4. The van der Waals surface area contributed by atoms with Crippen molar-refractivity contribution in [2.45, 2.75) is 57.9 Å². The first kappa shape index (κ1) is 16.5. The number of amides is 2. The molecule has 2 amide bonds. The van der Waals surface area contributed by atoms with Gasteiger partial charge in [-0.15, -0.1) is 0 Å². The van der Waals surface area contributed by atoms with E-state index in [9.17, 15) is 14.4 Å². The largest absolute Gasteiger partial charge is 0.480 e. The van der Waals surface area contributed by atoms with Gasteiger partial charge in [-0.05, 0) is 19.3 Å². The Bertz CT molecular complexity index is 351. The van der Waals surface area contributed by atoms with Crippen LogP contribution in [0.5, 0.6) is 0 Å². The first-order valence-electron chi connectivity index (χ1n) is 7.34. The maximum absolute atomic E-state index is 11.7. The van der Waals surface area contributed by atoms with Crippen LogP contribution in [0, 0.1) is 5.92 Å². The fraction of sp³-hybridized carbons (Fsp3) is 0.786. The molecule has 0 aromatic carbocycles. The van der Waals surface area contributed by atoms with Crippen molar-refractivity contribution < 1.29 is 19.5 Å². The second-order valence-corrected chi connectivity index (χ2v) is 5.27. The van der Waals surface area contributed by atoms with Crippen LogP contribution in [0.15, 0.2) is 0 Å². The van der Waals surface area contributed by atoms with Crippen LogP contribution in [0.25, 0.3) is 0 Å². The van der Waals surface area contributed by atoms with Gasteiger partial charge in [0.25, 0.3) is 0 Å². The van der Waals surface area contributed by atoms with Gasteiger partial charge in [-0.25, -0.2) is 4.79 Å². The van der Waals surface area contributed by atoms with Crippen molar-refractivity contribution in [3.8, 4) is 0 Å².